The number of nitrogens with two attached hydrogens (primary N) is 1. The van der Waals surface area contributed by atoms with Crippen molar-refractivity contribution in [1.29, 1.82) is 0 Å². The quantitative estimate of drug-likeness (QED) is 0.305. The van der Waals surface area contributed by atoms with Crippen LogP contribution in [0.5, 0.6) is 11.5 Å². The number of nitrogen functional groups attached to an aromatic ring is 1. The molecule has 4 aromatic rings. The molecule has 0 unspecified atom stereocenters. The van der Waals surface area contributed by atoms with Crippen LogP contribution < -0.4 is 10.5 Å². The Kier molecular flexibility index (Phi) is 6.59. The summed E-state index contributed by atoms with van der Waals surface area (Å²) < 4.78 is 59.4. The van der Waals surface area contributed by atoms with Gasteiger partial charge in [0.05, 0.1) is 17.5 Å². The zero-order valence-electron chi connectivity index (χ0n) is 21.5. The lowest BCUT2D eigenvalue weighted by Crippen LogP contribution is -2.10. The third-order valence-corrected chi connectivity index (χ3v) is 7.43. The van der Waals surface area contributed by atoms with E-state index >= 15 is 4.39 Å². The third kappa shape index (κ3) is 5.20. The van der Waals surface area contributed by atoms with E-state index in [-0.39, 0.29) is 40.1 Å². The first-order chi connectivity index (χ1) is 18.4. The zero-order valence-corrected chi connectivity index (χ0v) is 22.3. The van der Waals surface area contributed by atoms with Crippen LogP contribution >= 0.6 is 0 Å². The Hall–Kier alpha value is -4.31. The first-order valence-corrected chi connectivity index (χ1v) is 14.1. The van der Waals surface area contributed by atoms with Crippen LogP contribution in [0, 0.1) is 25.5 Å². The minimum atomic E-state index is -3.21. The maximum Gasteiger partial charge on any atom is 0.194 e. The molecular weight excluding hydrogens is 524 g/mol. The van der Waals surface area contributed by atoms with Gasteiger partial charge in [0, 0.05) is 24.3 Å². The van der Waals surface area contributed by atoms with Gasteiger partial charge < -0.3 is 10.5 Å². The SMILES string of the molecule is Cc1cc2c(cc1CS(C)(=O)=O)CC(C(=O)c1cnn(-c3cc(C)c(Oc4ccccc4F)cc3F)c1N)=C2. The number of fused-ring (bicyclic) bond motifs is 1. The lowest BCUT2D eigenvalue weighted by atomic mass is 10.0. The fraction of sp³-hybridized carbons (Fsp3) is 0.172. The van der Waals surface area contributed by atoms with Crippen molar-refractivity contribution in [3.8, 4) is 17.2 Å². The molecular formula is C29H25F2N3O4S. The van der Waals surface area contributed by atoms with E-state index in [9.17, 15) is 17.6 Å². The van der Waals surface area contributed by atoms with Crippen molar-refractivity contribution in [3.63, 3.8) is 0 Å². The molecule has 2 N–H and O–H groups in total. The lowest BCUT2D eigenvalue weighted by molar-refractivity contribution is 0.103. The van der Waals surface area contributed by atoms with Crippen molar-refractivity contribution in [2.24, 2.45) is 0 Å². The lowest BCUT2D eigenvalue weighted by Gasteiger charge is -2.13. The molecule has 5 rings (SSSR count). The number of hydrogen-bond acceptors (Lipinski definition) is 6. The first-order valence-electron chi connectivity index (χ1n) is 12.0. The number of ketones is 1. The van der Waals surface area contributed by atoms with E-state index in [2.05, 4.69) is 5.10 Å². The van der Waals surface area contributed by atoms with Crippen molar-refractivity contribution in [2.75, 3.05) is 12.0 Å². The van der Waals surface area contributed by atoms with Crippen molar-refractivity contribution in [2.45, 2.75) is 26.0 Å². The van der Waals surface area contributed by atoms with Crippen LogP contribution in [0.2, 0.25) is 0 Å². The molecule has 0 saturated carbocycles. The van der Waals surface area contributed by atoms with E-state index in [1.165, 1.54) is 36.7 Å². The smallest absolute Gasteiger partial charge is 0.194 e. The summed E-state index contributed by atoms with van der Waals surface area (Å²) in [4.78, 5) is 13.4. The summed E-state index contributed by atoms with van der Waals surface area (Å²) >= 11 is 0. The molecule has 1 aliphatic rings. The fourth-order valence-electron chi connectivity index (χ4n) is 4.61. The number of aromatic nitrogens is 2. The topological polar surface area (TPSA) is 104 Å². The molecule has 0 saturated heterocycles. The number of allylic oxidation sites excluding steroid dienone is 1. The third-order valence-electron chi connectivity index (χ3n) is 6.60. The highest BCUT2D eigenvalue weighted by atomic mass is 32.2. The van der Waals surface area contributed by atoms with Crippen LogP contribution in [0.25, 0.3) is 11.8 Å². The van der Waals surface area contributed by atoms with Crippen LogP contribution in [0.1, 0.15) is 38.2 Å². The maximum atomic E-state index is 15.2. The minimum Gasteiger partial charge on any atom is -0.454 e. The predicted molar refractivity (Wildman–Crippen MR) is 145 cm³/mol. The number of carbonyl (C=O) groups excluding carboxylic acids is 1. The summed E-state index contributed by atoms with van der Waals surface area (Å²) in [6.45, 7) is 3.51. The van der Waals surface area contributed by atoms with Crippen LogP contribution in [-0.4, -0.2) is 30.2 Å². The monoisotopic (exact) mass is 549 g/mol. The second-order valence-electron chi connectivity index (χ2n) is 9.68. The van der Waals surface area contributed by atoms with E-state index in [1.807, 2.05) is 19.1 Å². The molecule has 0 fully saturated rings. The standard InChI is InChI=1S/C29H25F2N3O4S/c1-16-8-18-10-20(11-19(18)12-21(16)15-39(3,36)37)28(35)22-14-33-34(29(22)32)25-9-17(2)27(13-24(25)31)38-26-7-5-4-6-23(26)30/h4-10,12-14H,11,15,32H2,1-3H3. The number of sulfone groups is 1. The number of carbonyl (C=O) groups is 1. The van der Waals surface area contributed by atoms with Crippen LogP contribution in [0.4, 0.5) is 14.6 Å². The van der Waals surface area contributed by atoms with Gasteiger partial charge in [0.2, 0.25) is 0 Å². The molecule has 1 aliphatic carbocycles. The number of halogens is 2. The molecule has 0 aliphatic heterocycles. The van der Waals surface area contributed by atoms with Gasteiger partial charge in [-0.15, -0.1) is 0 Å². The number of rotatable bonds is 7. The summed E-state index contributed by atoms with van der Waals surface area (Å²) in [7, 11) is -3.21. The zero-order chi connectivity index (χ0) is 28.1. The van der Waals surface area contributed by atoms with Gasteiger partial charge in [-0.25, -0.2) is 21.9 Å². The van der Waals surface area contributed by atoms with Gasteiger partial charge in [0.25, 0.3) is 0 Å². The molecule has 200 valence electrons. The maximum absolute atomic E-state index is 15.2. The number of aryl methyl sites for hydroxylation is 2. The van der Waals surface area contributed by atoms with E-state index in [1.54, 1.807) is 19.1 Å². The largest absolute Gasteiger partial charge is 0.454 e. The average molecular weight is 550 g/mol. The molecule has 0 bridgehead atoms. The van der Waals surface area contributed by atoms with Gasteiger partial charge >= 0.3 is 0 Å². The molecule has 1 heterocycles. The highest BCUT2D eigenvalue weighted by molar-refractivity contribution is 7.89. The predicted octanol–water partition coefficient (Wildman–Crippen LogP) is 5.51. The van der Waals surface area contributed by atoms with E-state index in [0.717, 1.165) is 27.4 Å². The van der Waals surface area contributed by atoms with Gasteiger partial charge in [0.15, 0.2) is 33.0 Å². The highest BCUT2D eigenvalue weighted by Crippen LogP contribution is 2.34. The Balaban J connectivity index is 1.41. The van der Waals surface area contributed by atoms with E-state index < -0.39 is 21.5 Å². The Morgan fingerprint density at radius 2 is 1.79 bits per heavy atom. The number of para-hydroxylation sites is 1. The Labute approximate surface area is 224 Å². The van der Waals surface area contributed by atoms with Gasteiger partial charge in [-0.3, -0.25) is 4.79 Å². The number of ether oxygens (including phenoxy) is 1. The van der Waals surface area contributed by atoms with E-state index in [0.29, 0.717) is 23.1 Å². The van der Waals surface area contributed by atoms with Gasteiger partial charge in [-0.2, -0.15) is 5.10 Å². The van der Waals surface area contributed by atoms with Crippen molar-refractivity contribution >= 4 is 27.5 Å². The van der Waals surface area contributed by atoms with Crippen LogP contribution in [0.3, 0.4) is 0 Å². The Morgan fingerprint density at radius 1 is 1.05 bits per heavy atom. The normalized spacial score (nSPS) is 12.8. The van der Waals surface area contributed by atoms with Gasteiger partial charge in [-0.05, 0) is 65.9 Å². The second-order valence-corrected chi connectivity index (χ2v) is 11.8. The Bertz CT molecular complexity index is 1790. The first kappa shape index (κ1) is 26.3. The molecule has 7 nitrogen and oxygen atoms in total. The number of nitrogens with zero attached hydrogens (tertiary/aromatic N) is 2. The summed E-state index contributed by atoms with van der Waals surface area (Å²) in [6, 6.07) is 12.1. The summed E-state index contributed by atoms with van der Waals surface area (Å²) in [5, 5.41) is 4.16. The highest BCUT2D eigenvalue weighted by Gasteiger charge is 2.26. The minimum absolute atomic E-state index is 0.00895. The summed E-state index contributed by atoms with van der Waals surface area (Å²) in [5.74, 6) is -1.68. The second kappa shape index (κ2) is 9.77. The molecule has 39 heavy (non-hydrogen) atoms. The van der Waals surface area contributed by atoms with Crippen LogP contribution in [-0.2, 0) is 22.0 Å². The van der Waals surface area contributed by atoms with Crippen molar-refractivity contribution < 1.29 is 26.7 Å². The van der Waals surface area contributed by atoms with Crippen LogP contribution in [0.15, 0.2) is 60.3 Å². The molecule has 0 radical (unpaired) electrons. The van der Waals surface area contributed by atoms with Gasteiger partial charge in [-0.1, -0.05) is 24.3 Å². The van der Waals surface area contributed by atoms with E-state index in [4.69, 9.17) is 10.5 Å². The van der Waals surface area contributed by atoms with Crippen molar-refractivity contribution in [3.05, 3.63) is 105 Å². The fourth-order valence-corrected chi connectivity index (χ4v) is 5.48. The average Bonchev–Trinajstić information content (AvgIpc) is 3.44. The number of anilines is 1. The molecule has 10 heteroatoms. The molecule has 0 spiro atoms. The number of benzene rings is 3. The number of hydrogen-bond donors (Lipinski definition) is 1. The van der Waals surface area contributed by atoms with Crippen molar-refractivity contribution in [1.82, 2.24) is 9.78 Å². The molecule has 0 amide bonds. The molecule has 3 aromatic carbocycles. The summed E-state index contributed by atoms with van der Waals surface area (Å²) in [5.41, 5.74) is 10.6. The molecule has 0 atom stereocenters. The summed E-state index contributed by atoms with van der Waals surface area (Å²) in [6.07, 6.45) is 4.54. The number of Topliss-reactive ketones (excluding diaryl/α,β-unsaturated/α-hetero) is 1. The Morgan fingerprint density at radius 3 is 2.51 bits per heavy atom. The van der Waals surface area contributed by atoms with Gasteiger partial charge in [0.1, 0.15) is 17.3 Å². The molecule has 1 aromatic heterocycles.